The molecule has 4 nitrogen and oxygen atoms in total. The van der Waals surface area contributed by atoms with Crippen LogP contribution < -0.4 is 5.32 Å². The maximum absolute atomic E-state index is 12.7. The van der Waals surface area contributed by atoms with E-state index in [0.29, 0.717) is 10.2 Å². The highest BCUT2D eigenvalue weighted by Crippen LogP contribution is 2.34. The van der Waals surface area contributed by atoms with E-state index in [1.165, 1.54) is 18.3 Å². The molecule has 1 aromatic carbocycles. The van der Waals surface area contributed by atoms with Crippen LogP contribution in [0.25, 0.3) is 10.2 Å². The molecule has 0 unspecified atom stereocenters. The van der Waals surface area contributed by atoms with E-state index < -0.39 is 17.6 Å². The zero-order chi connectivity index (χ0) is 15.7. The Kier molecular flexibility index (Phi) is 3.53. The summed E-state index contributed by atoms with van der Waals surface area (Å²) in [5.41, 5.74) is -0.140. The number of carbonyl (C=O) groups excluding carboxylic acids is 1. The number of thiazole rings is 1. The fourth-order valence-electron chi connectivity index (χ4n) is 1.81. The van der Waals surface area contributed by atoms with E-state index in [-0.39, 0.29) is 10.8 Å². The first kappa shape index (κ1) is 14.5. The Hall–Kier alpha value is -2.48. The van der Waals surface area contributed by atoms with Crippen molar-refractivity contribution in [1.82, 2.24) is 9.97 Å². The van der Waals surface area contributed by atoms with Crippen molar-refractivity contribution in [3.8, 4) is 0 Å². The van der Waals surface area contributed by atoms with E-state index in [0.717, 1.165) is 23.5 Å². The minimum absolute atomic E-state index is 0.206. The molecule has 3 aromatic rings. The fourth-order valence-corrected chi connectivity index (χ4v) is 2.71. The molecule has 1 amide bonds. The highest BCUT2D eigenvalue weighted by atomic mass is 32.1. The Bertz CT molecular complexity index is 830. The molecule has 2 heterocycles. The summed E-state index contributed by atoms with van der Waals surface area (Å²) in [6, 6.07) is 8.13. The van der Waals surface area contributed by atoms with E-state index in [2.05, 4.69) is 15.3 Å². The van der Waals surface area contributed by atoms with Gasteiger partial charge in [-0.15, -0.1) is 0 Å². The second-order valence-corrected chi connectivity index (χ2v) is 5.40. The van der Waals surface area contributed by atoms with Gasteiger partial charge in [0.05, 0.1) is 15.8 Å². The van der Waals surface area contributed by atoms with Crippen LogP contribution in [0.1, 0.15) is 16.1 Å². The number of hydrogen-bond donors (Lipinski definition) is 1. The molecule has 8 heteroatoms. The smallest absolute Gasteiger partial charge is 0.296 e. The van der Waals surface area contributed by atoms with Crippen molar-refractivity contribution in [3.63, 3.8) is 0 Å². The number of alkyl halides is 3. The summed E-state index contributed by atoms with van der Waals surface area (Å²) in [6.07, 6.45) is -2.93. The summed E-state index contributed by atoms with van der Waals surface area (Å²) in [5, 5.41) is 2.76. The normalized spacial score (nSPS) is 11.6. The number of hydrogen-bond acceptors (Lipinski definition) is 4. The van der Waals surface area contributed by atoms with Crippen LogP contribution in [0.3, 0.4) is 0 Å². The van der Waals surface area contributed by atoms with Gasteiger partial charge in [-0.2, -0.15) is 13.2 Å². The standard InChI is InChI=1S/C14H8F3N3OS/c15-14(16,17)8-4-5-9-11(7-8)22-13(19-9)20-12(21)10-3-1-2-6-18-10/h1-7H,(H,19,20,21). The predicted molar refractivity (Wildman–Crippen MR) is 76.8 cm³/mol. The van der Waals surface area contributed by atoms with E-state index in [1.807, 2.05) is 0 Å². The maximum Gasteiger partial charge on any atom is 0.416 e. The monoisotopic (exact) mass is 323 g/mol. The number of pyridine rings is 1. The van der Waals surface area contributed by atoms with Crippen LogP contribution >= 0.6 is 11.3 Å². The van der Waals surface area contributed by atoms with Crippen LogP contribution in [-0.4, -0.2) is 15.9 Å². The number of anilines is 1. The summed E-state index contributed by atoms with van der Waals surface area (Å²) in [6.45, 7) is 0. The summed E-state index contributed by atoms with van der Waals surface area (Å²) in [4.78, 5) is 19.9. The average Bonchev–Trinajstić information content (AvgIpc) is 2.88. The second kappa shape index (κ2) is 5.38. The molecule has 0 aliphatic rings. The summed E-state index contributed by atoms with van der Waals surface area (Å²) in [5.74, 6) is -0.462. The quantitative estimate of drug-likeness (QED) is 0.776. The van der Waals surface area contributed by atoms with Gasteiger partial charge in [0.25, 0.3) is 5.91 Å². The number of amides is 1. The first-order valence-electron chi connectivity index (χ1n) is 6.14. The van der Waals surface area contributed by atoms with Crippen molar-refractivity contribution >= 4 is 32.6 Å². The molecule has 0 atom stereocenters. The van der Waals surface area contributed by atoms with Crippen LogP contribution in [0.4, 0.5) is 18.3 Å². The lowest BCUT2D eigenvalue weighted by molar-refractivity contribution is -0.137. The molecule has 3 rings (SSSR count). The van der Waals surface area contributed by atoms with E-state index in [1.54, 1.807) is 12.1 Å². The molecule has 0 aliphatic carbocycles. The van der Waals surface area contributed by atoms with Crippen molar-refractivity contribution in [3.05, 3.63) is 53.9 Å². The molecular formula is C14H8F3N3OS. The zero-order valence-corrected chi connectivity index (χ0v) is 11.7. The van der Waals surface area contributed by atoms with E-state index >= 15 is 0 Å². The molecule has 0 bridgehead atoms. The molecule has 0 aliphatic heterocycles. The van der Waals surface area contributed by atoms with Crippen molar-refractivity contribution in [1.29, 1.82) is 0 Å². The van der Waals surface area contributed by atoms with Crippen LogP contribution in [0.2, 0.25) is 0 Å². The van der Waals surface area contributed by atoms with E-state index in [9.17, 15) is 18.0 Å². The molecule has 0 saturated heterocycles. The van der Waals surface area contributed by atoms with Gasteiger partial charge in [-0.1, -0.05) is 17.4 Å². The minimum atomic E-state index is -4.41. The Morgan fingerprint density at radius 2 is 2.00 bits per heavy atom. The third-order valence-electron chi connectivity index (χ3n) is 2.83. The lowest BCUT2D eigenvalue weighted by Gasteiger charge is -2.04. The topological polar surface area (TPSA) is 54.9 Å². The second-order valence-electron chi connectivity index (χ2n) is 4.37. The van der Waals surface area contributed by atoms with Crippen LogP contribution in [-0.2, 0) is 6.18 Å². The summed E-state index contributed by atoms with van der Waals surface area (Å²) >= 11 is 0.980. The van der Waals surface area contributed by atoms with Crippen molar-refractivity contribution in [2.45, 2.75) is 6.18 Å². The van der Waals surface area contributed by atoms with Gasteiger partial charge in [-0.05, 0) is 30.3 Å². The summed E-state index contributed by atoms with van der Waals surface area (Å²) in [7, 11) is 0. The molecule has 0 radical (unpaired) electrons. The summed E-state index contributed by atoms with van der Waals surface area (Å²) < 4.78 is 38.3. The highest BCUT2D eigenvalue weighted by Gasteiger charge is 2.30. The molecule has 1 N–H and O–H groups in total. The Labute approximate surface area is 126 Å². The lowest BCUT2D eigenvalue weighted by Crippen LogP contribution is -2.12. The van der Waals surface area contributed by atoms with Crippen molar-refractivity contribution in [2.24, 2.45) is 0 Å². The first-order chi connectivity index (χ1) is 10.4. The van der Waals surface area contributed by atoms with E-state index in [4.69, 9.17) is 0 Å². The molecule has 0 spiro atoms. The number of carbonyl (C=O) groups is 1. The van der Waals surface area contributed by atoms with Gasteiger partial charge in [0.15, 0.2) is 5.13 Å². The van der Waals surface area contributed by atoms with Gasteiger partial charge in [-0.25, -0.2) is 4.98 Å². The fraction of sp³-hybridized carbons (Fsp3) is 0.0714. The minimum Gasteiger partial charge on any atom is -0.296 e. The number of halogens is 3. The third-order valence-corrected chi connectivity index (χ3v) is 3.77. The number of nitrogens with zero attached hydrogens (tertiary/aromatic N) is 2. The molecule has 0 fully saturated rings. The number of benzene rings is 1. The average molecular weight is 323 g/mol. The lowest BCUT2D eigenvalue weighted by atomic mass is 10.2. The number of rotatable bonds is 2. The van der Waals surface area contributed by atoms with Gasteiger partial charge in [0, 0.05) is 6.20 Å². The molecule has 0 saturated carbocycles. The van der Waals surface area contributed by atoms with Gasteiger partial charge in [0.1, 0.15) is 5.69 Å². The molecular weight excluding hydrogens is 315 g/mol. The number of aromatic nitrogens is 2. The molecule has 112 valence electrons. The van der Waals surface area contributed by atoms with Crippen molar-refractivity contribution in [2.75, 3.05) is 5.32 Å². The Morgan fingerprint density at radius 3 is 2.68 bits per heavy atom. The predicted octanol–water partition coefficient (Wildman–Crippen LogP) is 3.96. The van der Waals surface area contributed by atoms with Gasteiger partial charge >= 0.3 is 6.18 Å². The van der Waals surface area contributed by atoms with Crippen molar-refractivity contribution < 1.29 is 18.0 Å². The SMILES string of the molecule is O=C(Nc1nc2ccc(C(F)(F)F)cc2s1)c1ccccn1. The van der Waals surface area contributed by atoms with Gasteiger partial charge < -0.3 is 0 Å². The van der Waals surface area contributed by atoms with Gasteiger partial charge in [0.2, 0.25) is 0 Å². The molecule has 2 aromatic heterocycles. The largest absolute Gasteiger partial charge is 0.416 e. The zero-order valence-electron chi connectivity index (χ0n) is 10.9. The third kappa shape index (κ3) is 2.91. The highest BCUT2D eigenvalue weighted by molar-refractivity contribution is 7.22. The van der Waals surface area contributed by atoms with Gasteiger partial charge in [-0.3, -0.25) is 15.1 Å². The molecule has 22 heavy (non-hydrogen) atoms. The van der Waals surface area contributed by atoms with Crippen LogP contribution in [0.15, 0.2) is 42.6 Å². The van der Waals surface area contributed by atoms with Crippen LogP contribution in [0.5, 0.6) is 0 Å². The van der Waals surface area contributed by atoms with Crippen LogP contribution in [0, 0.1) is 0 Å². The number of nitrogens with one attached hydrogen (secondary N) is 1. The Morgan fingerprint density at radius 1 is 1.18 bits per heavy atom. The Balaban J connectivity index is 1.88. The maximum atomic E-state index is 12.7. The first-order valence-corrected chi connectivity index (χ1v) is 6.95. The number of fused-ring (bicyclic) bond motifs is 1.